The van der Waals surface area contributed by atoms with Gasteiger partial charge in [-0.25, -0.2) is 0 Å². The Morgan fingerprint density at radius 3 is 2.61 bits per heavy atom. The van der Waals surface area contributed by atoms with E-state index < -0.39 is 0 Å². The van der Waals surface area contributed by atoms with Crippen LogP contribution >= 0.6 is 15.9 Å². The third-order valence-electron chi connectivity index (χ3n) is 2.80. The van der Waals surface area contributed by atoms with Crippen molar-refractivity contribution in [1.82, 2.24) is 4.90 Å². The van der Waals surface area contributed by atoms with Crippen LogP contribution < -0.4 is 0 Å². The normalized spacial score (nSPS) is 12.6. The van der Waals surface area contributed by atoms with Gasteiger partial charge in [-0.05, 0) is 45.1 Å². The topological polar surface area (TPSA) is 29.5 Å². The molecule has 1 atom stereocenters. The fraction of sp³-hybridized carbons (Fsp3) is 0.500. The van der Waals surface area contributed by atoms with Gasteiger partial charge in [0.25, 0.3) is 0 Å². The van der Waals surface area contributed by atoms with Gasteiger partial charge in [-0.15, -0.1) is 0 Å². The minimum atomic E-state index is -0.163. The second kappa shape index (κ2) is 6.90. The first kappa shape index (κ1) is 15.2. The van der Waals surface area contributed by atoms with Crippen LogP contribution in [0.4, 0.5) is 0 Å². The third kappa shape index (κ3) is 4.10. The number of benzene rings is 1. The lowest BCUT2D eigenvalue weighted by Gasteiger charge is -2.25. The maximum atomic E-state index is 11.6. The Morgan fingerprint density at radius 2 is 2.11 bits per heavy atom. The van der Waals surface area contributed by atoms with E-state index in [1.165, 1.54) is 5.56 Å². The summed E-state index contributed by atoms with van der Waals surface area (Å²) in [6.45, 7) is 4.29. The SMILES string of the molecule is CCOC(=O)CC(c1ccc(C)cc1Br)N(C)C. The van der Waals surface area contributed by atoms with E-state index in [4.69, 9.17) is 4.74 Å². The van der Waals surface area contributed by atoms with Gasteiger partial charge in [0.2, 0.25) is 0 Å². The smallest absolute Gasteiger partial charge is 0.307 e. The van der Waals surface area contributed by atoms with Gasteiger partial charge >= 0.3 is 5.97 Å². The highest BCUT2D eigenvalue weighted by atomic mass is 79.9. The second-order valence-corrected chi connectivity index (χ2v) is 5.37. The summed E-state index contributed by atoms with van der Waals surface area (Å²) in [7, 11) is 3.94. The number of hydrogen-bond acceptors (Lipinski definition) is 3. The van der Waals surface area contributed by atoms with Crippen LogP contribution in [-0.2, 0) is 9.53 Å². The minimum absolute atomic E-state index is 0.0269. The van der Waals surface area contributed by atoms with Gasteiger partial charge in [0.15, 0.2) is 0 Å². The molecule has 100 valence electrons. The highest BCUT2D eigenvalue weighted by molar-refractivity contribution is 9.10. The highest BCUT2D eigenvalue weighted by Crippen LogP contribution is 2.30. The predicted octanol–water partition coefficient (Wildman–Crippen LogP) is 3.31. The zero-order valence-electron chi connectivity index (χ0n) is 11.4. The lowest BCUT2D eigenvalue weighted by molar-refractivity contribution is -0.144. The van der Waals surface area contributed by atoms with Crippen LogP contribution in [0.1, 0.15) is 30.5 Å². The Kier molecular flexibility index (Phi) is 5.82. The molecule has 0 N–H and O–H groups in total. The van der Waals surface area contributed by atoms with Crippen LogP contribution in [0, 0.1) is 6.92 Å². The third-order valence-corrected chi connectivity index (χ3v) is 3.49. The predicted molar refractivity (Wildman–Crippen MR) is 76.6 cm³/mol. The Bertz CT molecular complexity index is 418. The number of rotatable bonds is 5. The van der Waals surface area contributed by atoms with Crippen molar-refractivity contribution in [3.05, 3.63) is 33.8 Å². The number of carbonyl (C=O) groups excluding carboxylic acids is 1. The summed E-state index contributed by atoms with van der Waals surface area (Å²) in [4.78, 5) is 13.7. The highest BCUT2D eigenvalue weighted by Gasteiger charge is 2.21. The van der Waals surface area contributed by atoms with Crippen LogP contribution in [-0.4, -0.2) is 31.6 Å². The fourth-order valence-corrected chi connectivity index (χ4v) is 2.61. The summed E-state index contributed by atoms with van der Waals surface area (Å²) in [5.41, 5.74) is 2.30. The van der Waals surface area contributed by atoms with Gasteiger partial charge in [0.05, 0.1) is 13.0 Å². The molecule has 1 aromatic rings. The Hall–Kier alpha value is -0.870. The molecule has 0 aliphatic heterocycles. The average Bonchev–Trinajstić information content (AvgIpc) is 2.27. The van der Waals surface area contributed by atoms with E-state index in [1.807, 2.05) is 32.8 Å². The molecule has 0 heterocycles. The molecule has 0 bridgehead atoms. The number of esters is 1. The number of nitrogens with zero attached hydrogens (tertiary/aromatic N) is 1. The van der Waals surface area contributed by atoms with Crippen molar-refractivity contribution in [3.8, 4) is 0 Å². The van der Waals surface area contributed by atoms with Crippen LogP contribution in [0.3, 0.4) is 0 Å². The summed E-state index contributed by atoms with van der Waals surface area (Å²) < 4.78 is 6.06. The molecule has 0 saturated heterocycles. The molecular formula is C14H20BrNO2. The molecule has 1 unspecified atom stereocenters. The summed E-state index contributed by atoms with van der Waals surface area (Å²) >= 11 is 3.57. The summed E-state index contributed by atoms with van der Waals surface area (Å²) in [5, 5.41) is 0. The largest absolute Gasteiger partial charge is 0.466 e. The van der Waals surface area contributed by atoms with Gasteiger partial charge in [-0.3, -0.25) is 4.79 Å². The van der Waals surface area contributed by atoms with Crippen molar-refractivity contribution < 1.29 is 9.53 Å². The lowest BCUT2D eigenvalue weighted by atomic mass is 10.0. The van der Waals surface area contributed by atoms with Crippen LogP contribution in [0.15, 0.2) is 22.7 Å². The van der Waals surface area contributed by atoms with Crippen molar-refractivity contribution >= 4 is 21.9 Å². The molecule has 0 radical (unpaired) electrons. The molecule has 0 saturated carbocycles. The van der Waals surface area contributed by atoms with Gasteiger partial charge in [-0.1, -0.05) is 28.1 Å². The molecule has 0 aromatic heterocycles. The number of halogens is 1. The second-order valence-electron chi connectivity index (χ2n) is 4.51. The fourth-order valence-electron chi connectivity index (χ4n) is 1.85. The van der Waals surface area contributed by atoms with E-state index in [-0.39, 0.29) is 12.0 Å². The molecule has 0 aliphatic rings. The van der Waals surface area contributed by atoms with Crippen molar-refractivity contribution in [1.29, 1.82) is 0 Å². The van der Waals surface area contributed by atoms with Gasteiger partial charge < -0.3 is 9.64 Å². The van der Waals surface area contributed by atoms with Crippen molar-refractivity contribution in [2.45, 2.75) is 26.3 Å². The van der Waals surface area contributed by atoms with Gasteiger partial charge in [-0.2, -0.15) is 0 Å². The number of hydrogen-bond donors (Lipinski definition) is 0. The summed E-state index contributed by atoms with van der Waals surface area (Å²) in [5.74, 6) is -0.163. The van der Waals surface area contributed by atoms with Crippen molar-refractivity contribution in [2.75, 3.05) is 20.7 Å². The monoisotopic (exact) mass is 313 g/mol. The van der Waals surface area contributed by atoms with Crippen molar-refractivity contribution in [3.63, 3.8) is 0 Å². The molecule has 0 fully saturated rings. The molecule has 0 spiro atoms. The average molecular weight is 314 g/mol. The molecule has 1 rings (SSSR count). The van der Waals surface area contributed by atoms with Gasteiger partial charge in [0, 0.05) is 10.5 Å². The van der Waals surface area contributed by atoms with Crippen LogP contribution in [0.25, 0.3) is 0 Å². The van der Waals surface area contributed by atoms with Gasteiger partial charge in [0.1, 0.15) is 0 Å². The zero-order valence-corrected chi connectivity index (χ0v) is 13.0. The zero-order chi connectivity index (χ0) is 13.7. The first-order chi connectivity index (χ1) is 8.45. The Morgan fingerprint density at radius 1 is 1.44 bits per heavy atom. The molecule has 1 aromatic carbocycles. The first-order valence-corrected chi connectivity index (χ1v) is 6.83. The lowest BCUT2D eigenvalue weighted by Crippen LogP contribution is -2.24. The van der Waals surface area contributed by atoms with E-state index in [2.05, 4.69) is 34.1 Å². The van der Waals surface area contributed by atoms with E-state index in [0.717, 1.165) is 10.0 Å². The standard InChI is InChI=1S/C14H20BrNO2/c1-5-18-14(17)9-13(16(3)4)11-7-6-10(2)8-12(11)15/h6-8,13H,5,9H2,1-4H3. The maximum absolute atomic E-state index is 11.6. The van der Waals surface area contributed by atoms with E-state index in [9.17, 15) is 4.79 Å². The molecule has 4 heteroatoms. The minimum Gasteiger partial charge on any atom is -0.466 e. The van der Waals surface area contributed by atoms with Crippen LogP contribution in [0.5, 0.6) is 0 Å². The molecule has 0 amide bonds. The Balaban J connectivity index is 2.94. The number of carbonyl (C=O) groups is 1. The molecule has 3 nitrogen and oxygen atoms in total. The summed E-state index contributed by atoms with van der Waals surface area (Å²) in [6.07, 6.45) is 0.364. The van der Waals surface area contributed by atoms with E-state index >= 15 is 0 Å². The number of aryl methyl sites for hydroxylation is 1. The van der Waals surface area contributed by atoms with E-state index in [1.54, 1.807) is 0 Å². The quantitative estimate of drug-likeness (QED) is 0.781. The first-order valence-electron chi connectivity index (χ1n) is 6.03. The summed E-state index contributed by atoms with van der Waals surface area (Å²) in [6, 6.07) is 6.21. The van der Waals surface area contributed by atoms with Crippen molar-refractivity contribution in [2.24, 2.45) is 0 Å². The molecule has 0 aliphatic carbocycles. The Labute approximate surface area is 117 Å². The van der Waals surface area contributed by atoms with E-state index in [0.29, 0.717) is 13.0 Å². The number of ether oxygens (including phenoxy) is 1. The molecular weight excluding hydrogens is 294 g/mol. The maximum Gasteiger partial charge on any atom is 0.307 e. The van der Waals surface area contributed by atoms with Crippen LogP contribution in [0.2, 0.25) is 0 Å². The molecule has 18 heavy (non-hydrogen) atoms.